The SMILES string of the molecule is CN(C)[Si].Cl.Cl.Cl. The lowest BCUT2D eigenvalue weighted by atomic mass is 11.3. The van der Waals surface area contributed by atoms with Gasteiger partial charge in [0, 0.05) is 0 Å². The zero-order chi connectivity index (χ0) is 3.58. The third-order valence-electron chi connectivity index (χ3n) is 0. The highest BCUT2D eigenvalue weighted by Crippen LogP contribution is 1.44. The van der Waals surface area contributed by atoms with Crippen LogP contribution in [0.2, 0.25) is 0 Å². The van der Waals surface area contributed by atoms with Crippen LogP contribution < -0.4 is 0 Å². The van der Waals surface area contributed by atoms with Crippen LogP contribution in [0.3, 0.4) is 0 Å². The molecule has 0 fully saturated rings. The van der Waals surface area contributed by atoms with Crippen molar-refractivity contribution in [3.8, 4) is 0 Å². The minimum absolute atomic E-state index is 0. The van der Waals surface area contributed by atoms with E-state index in [0.717, 1.165) is 0 Å². The van der Waals surface area contributed by atoms with Gasteiger partial charge in [-0.1, -0.05) is 0 Å². The summed E-state index contributed by atoms with van der Waals surface area (Å²) in [5, 5.41) is 0. The fraction of sp³-hybridized carbons (Fsp3) is 1.00. The summed E-state index contributed by atoms with van der Waals surface area (Å²) in [5.74, 6) is 0. The molecule has 0 spiro atoms. The molecule has 0 aromatic rings. The maximum Gasteiger partial charge on any atom is 0.143 e. The first-order valence-electron chi connectivity index (χ1n) is 1.12. The lowest BCUT2D eigenvalue weighted by Gasteiger charge is -1.89. The molecule has 0 rings (SSSR count). The second-order valence-electron chi connectivity index (χ2n) is 0.894. The highest BCUT2D eigenvalue weighted by molar-refractivity contribution is 6.03. The van der Waals surface area contributed by atoms with Crippen LogP contribution in [0.1, 0.15) is 0 Å². The molecule has 1 nitrogen and oxygen atoms in total. The second kappa shape index (κ2) is 15.7. The molecule has 0 aliphatic heterocycles. The van der Waals surface area contributed by atoms with E-state index in [-0.39, 0.29) is 37.2 Å². The zero-order valence-corrected chi connectivity index (χ0v) is 7.62. The molecule has 0 saturated carbocycles. The summed E-state index contributed by atoms with van der Waals surface area (Å²) in [6.07, 6.45) is 0. The topological polar surface area (TPSA) is 3.24 Å². The molecule has 0 aliphatic carbocycles. The molecular weight excluding hydrogens is 172 g/mol. The van der Waals surface area contributed by atoms with Gasteiger partial charge in [-0.05, 0) is 14.1 Å². The van der Waals surface area contributed by atoms with Gasteiger partial charge in [-0.15, -0.1) is 37.2 Å². The van der Waals surface area contributed by atoms with Gasteiger partial charge in [-0.3, -0.25) is 0 Å². The second-order valence-corrected chi connectivity index (χ2v) is 1.79. The average molecular weight is 182 g/mol. The van der Waals surface area contributed by atoms with Gasteiger partial charge in [0.05, 0.1) is 0 Å². The Bertz CT molecular complexity index is 17.7. The monoisotopic (exact) mass is 180 g/mol. The van der Waals surface area contributed by atoms with E-state index >= 15 is 0 Å². The normalized spacial score (nSPS) is 5.14. The van der Waals surface area contributed by atoms with Crippen molar-refractivity contribution in [3.63, 3.8) is 0 Å². The predicted octanol–water partition coefficient (Wildman–Crippen LogP) is 0.897. The molecule has 0 N–H and O–H groups in total. The summed E-state index contributed by atoms with van der Waals surface area (Å²) in [6, 6.07) is 0. The molecule has 0 aromatic carbocycles. The van der Waals surface area contributed by atoms with Crippen molar-refractivity contribution in [1.29, 1.82) is 0 Å². The van der Waals surface area contributed by atoms with E-state index in [1.54, 1.807) is 4.57 Å². The Balaban J connectivity index is -0.0000000150. The lowest BCUT2D eigenvalue weighted by molar-refractivity contribution is 0.679. The summed E-state index contributed by atoms with van der Waals surface area (Å²) < 4.78 is 1.81. The number of rotatable bonds is 0. The van der Waals surface area contributed by atoms with Crippen LogP contribution in [0.25, 0.3) is 0 Å². The van der Waals surface area contributed by atoms with E-state index in [4.69, 9.17) is 0 Å². The molecule has 5 heteroatoms. The Hall–Kier alpha value is 1.05. The third kappa shape index (κ3) is 164. The van der Waals surface area contributed by atoms with Crippen LogP contribution >= 0.6 is 37.2 Å². The van der Waals surface area contributed by atoms with Gasteiger partial charge in [0.25, 0.3) is 0 Å². The van der Waals surface area contributed by atoms with E-state index in [9.17, 15) is 0 Å². The highest BCUT2D eigenvalue weighted by Gasteiger charge is 1.60. The summed E-state index contributed by atoms with van der Waals surface area (Å²) in [5.41, 5.74) is 0. The summed E-state index contributed by atoms with van der Waals surface area (Å²) >= 11 is 0. The average Bonchev–Trinajstić information content (AvgIpc) is 0.811. The number of hydrogen-bond donors (Lipinski definition) is 0. The molecule has 7 heavy (non-hydrogen) atoms. The molecule has 0 saturated heterocycles. The van der Waals surface area contributed by atoms with E-state index < -0.39 is 0 Å². The lowest BCUT2D eigenvalue weighted by Crippen LogP contribution is -2.02. The minimum Gasteiger partial charge on any atom is -0.332 e. The van der Waals surface area contributed by atoms with Gasteiger partial charge < -0.3 is 4.57 Å². The van der Waals surface area contributed by atoms with Crippen molar-refractivity contribution in [1.82, 2.24) is 4.57 Å². The summed E-state index contributed by atoms with van der Waals surface area (Å²) in [7, 11) is 6.97. The maximum absolute atomic E-state index is 3.15. The van der Waals surface area contributed by atoms with Crippen molar-refractivity contribution in [2.24, 2.45) is 0 Å². The Morgan fingerprint density at radius 1 is 1.00 bits per heavy atom. The van der Waals surface area contributed by atoms with Crippen LogP contribution in [0.4, 0.5) is 0 Å². The molecule has 0 unspecified atom stereocenters. The zero-order valence-electron chi connectivity index (χ0n) is 4.17. The number of halogens is 3. The molecule has 47 valence electrons. The van der Waals surface area contributed by atoms with Crippen LogP contribution in [0.15, 0.2) is 0 Å². The van der Waals surface area contributed by atoms with Crippen LogP contribution in [0, 0.1) is 0 Å². The summed E-state index contributed by atoms with van der Waals surface area (Å²) in [4.78, 5) is 0. The number of nitrogens with zero attached hydrogens (tertiary/aromatic N) is 1. The largest absolute Gasteiger partial charge is 0.332 e. The molecule has 0 bridgehead atoms. The first-order chi connectivity index (χ1) is 1.73. The van der Waals surface area contributed by atoms with Gasteiger partial charge in [0.15, 0.2) is 0 Å². The van der Waals surface area contributed by atoms with Gasteiger partial charge in [-0.25, -0.2) is 0 Å². The first-order valence-corrected chi connectivity index (χ1v) is 1.57. The molecule has 3 radical (unpaired) electrons. The van der Waals surface area contributed by atoms with E-state index in [1.807, 2.05) is 14.1 Å². The fourth-order valence-electron chi connectivity index (χ4n) is 0. The Kier molecular flexibility index (Phi) is 54.8. The Morgan fingerprint density at radius 2 is 1.00 bits per heavy atom. The predicted molar refractivity (Wildman–Crippen MR) is 41.2 cm³/mol. The summed E-state index contributed by atoms with van der Waals surface area (Å²) in [6.45, 7) is 0. The van der Waals surface area contributed by atoms with Gasteiger partial charge in [-0.2, -0.15) is 0 Å². The first kappa shape index (κ1) is 24.4. The van der Waals surface area contributed by atoms with Crippen LogP contribution in [0.5, 0.6) is 0 Å². The Morgan fingerprint density at radius 3 is 1.00 bits per heavy atom. The maximum atomic E-state index is 3.15. The van der Waals surface area contributed by atoms with Crippen molar-refractivity contribution >= 4 is 47.6 Å². The standard InChI is InChI=1S/C2H6NSi.3ClH/c1-3(2)4;;;/h1-2H3;3*1H. The molecule has 0 aromatic heterocycles. The van der Waals surface area contributed by atoms with Crippen molar-refractivity contribution in [2.45, 2.75) is 0 Å². The van der Waals surface area contributed by atoms with Gasteiger partial charge in [0.2, 0.25) is 0 Å². The van der Waals surface area contributed by atoms with Crippen LogP contribution in [-0.4, -0.2) is 29.1 Å². The van der Waals surface area contributed by atoms with Crippen molar-refractivity contribution < 1.29 is 0 Å². The third-order valence-corrected chi connectivity index (χ3v) is 0. The molecule has 0 heterocycles. The molecule has 0 aliphatic rings. The van der Waals surface area contributed by atoms with Crippen LogP contribution in [-0.2, 0) is 0 Å². The molecule has 0 atom stereocenters. The molecule has 0 amide bonds. The quantitative estimate of drug-likeness (QED) is 0.502. The van der Waals surface area contributed by atoms with Gasteiger partial charge in [0.1, 0.15) is 10.4 Å². The minimum atomic E-state index is 0. The molecular formula is C2H9Cl3NSi. The van der Waals surface area contributed by atoms with Crippen molar-refractivity contribution in [3.05, 3.63) is 0 Å². The highest BCUT2D eigenvalue weighted by atomic mass is 35.5. The fourth-order valence-corrected chi connectivity index (χ4v) is 0. The van der Waals surface area contributed by atoms with E-state index in [0.29, 0.717) is 0 Å². The van der Waals surface area contributed by atoms with E-state index in [1.165, 1.54) is 0 Å². The van der Waals surface area contributed by atoms with E-state index in [2.05, 4.69) is 10.4 Å². The van der Waals surface area contributed by atoms with Crippen molar-refractivity contribution in [2.75, 3.05) is 14.1 Å². The van der Waals surface area contributed by atoms with Gasteiger partial charge >= 0.3 is 0 Å². The Labute approximate surface area is 66.6 Å². The number of hydrogen-bond acceptors (Lipinski definition) is 1. The smallest absolute Gasteiger partial charge is 0.143 e.